The minimum atomic E-state index is 0.0551. The molecule has 1 amide bonds. The Bertz CT molecular complexity index is 541. The van der Waals surface area contributed by atoms with Crippen molar-refractivity contribution >= 4 is 11.6 Å². The van der Waals surface area contributed by atoms with Gasteiger partial charge in [0.25, 0.3) is 0 Å². The van der Waals surface area contributed by atoms with E-state index in [0.717, 1.165) is 64.6 Å². The Hall–Kier alpha value is -1.43. The molecule has 5 nitrogen and oxygen atoms in total. The predicted molar refractivity (Wildman–Crippen MR) is 101 cm³/mol. The third-order valence-electron chi connectivity index (χ3n) is 5.10. The van der Waals surface area contributed by atoms with E-state index >= 15 is 0 Å². The predicted octanol–water partition coefficient (Wildman–Crippen LogP) is 2.08. The molecule has 5 heteroatoms. The van der Waals surface area contributed by atoms with Crippen molar-refractivity contribution in [2.45, 2.75) is 26.3 Å². The molecule has 1 atom stereocenters. The number of carbonyl (C=O) groups is 1. The van der Waals surface area contributed by atoms with Gasteiger partial charge in [0.2, 0.25) is 5.91 Å². The van der Waals surface area contributed by atoms with Crippen LogP contribution in [0, 0.1) is 5.92 Å². The van der Waals surface area contributed by atoms with Gasteiger partial charge < -0.3 is 9.64 Å². The van der Waals surface area contributed by atoms with Crippen LogP contribution >= 0.6 is 0 Å². The minimum Gasteiger partial charge on any atom is -0.380 e. The van der Waals surface area contributed by atoms with Crippen molar-refractivity contribution in [2.75, 3.05) is 57.4 Å². The van der Waals surface area contributed by atoms with Gasteiger partial charge in [0.1, 0.15) is 0 Å². The van der Waals surface area contributed by atoms with E-state index in [9.17, 15) is 4.79 Å². The number of nitrogens with zero attached hydrogens (tertiary/aromatic N) is 3. The van der Waals surface area contributed by atoms with E-state index in [4.69, 9.17) is 4.74 Å². The molecule has 0 bridgehead atoms. The molecule has 138 valence electrons. The lowest BCUT2D eigenvalue weighted by Gasteiger charge is -2.37. The SMILES string of the molecule is CC(C)COCCN1CCN(C2CCN(c3ccccc3)C2=O)CC1. The van der Waals surface area contributed by atoms with Crippen LogP contribution in [-0.2, 0) is 9.53 Å². The Kier molecular flexibility index (Phi) is 6.45. The number of hydrogen-bond donors (Lipinski definition) is 0. The third kappa shape index (κ3) is 4.81. The second-order valence-electron chi connectivity index (χ2n) is 7.48. The molecule has 3 rings (SSSR count). The molecule has 0 saturated carbocycles. The largest absolute Gasteiger partial charge is 0.380 e. The van der Waals surface area contributed by atoms with Gasteiger partial charge in [0, 0.05) is 51.6 Å². The number of piperazine rings is 1. The van der Waals surface area contributed by atoms with Gasteiger partial charge in [-0.25, -0.2) is 0 Å². The van der Waals surface area contributed by atoms with Crippen molar-refractivity contribution < 1.29 is 9.53 Å². The fourth-order valence-electron chi connectivity index (χ4n) is 3.68. The molecule has 0 aliphatic carbocycles. The molecule has 2 heterocycles. The molecule has 2 aliphatic rings. The fourth-order valence-corrected chi connectivity index (χ4v) is 3.68. The Morgan fingerprint density at radius 2 is 1.80 bits per heavy atom. The van der Waals surface area contributed by atoms with E-state index in [1.54, 1.807) is 0 Å². The van der Waals surface area contributed by atoms with Crippen LogP contribution < -0.4 is 4.90 Å². The van der Waals surface area contributed by atoms with Crippen LogP contribution in [-0.4, -0.2) is 74.2 Å². The molecule has 1 aromatic rings. The Balaban J connectivity index is 1.43. The second kappa shape index (κ2) is 8.79. The number of anilines is 1. The Morgan fingerprint density at radius 1 is 1.08 bits per heavy atom. The Labute approximate surface area is 151 Å². The van der Waals surface area contributed by atoms with Gasteiger partial charge >= 0.3 is 0 Å². The molecular formula is C20H31N3O2. The molecule has 0 N–H and O–H groups in total. The van der Waals surface area contributed by atoms with Crippen LogP contribution in [0.5, 0.6) is 0 Å². The molecule has 2 fully saturated rings. The summed E-state index contributed by atoms with van der Waals surface area (Å²) in [5.74, 6) is 0.859. The maximum absolute atomic E-state index is 12.8. The zero-order valence-corrected chi connectivity index (χ0v) is 15.6. The summed E-state index contributed by atoms with van der Waals surface area (Å²) in [6.45, 7) is 11.8. The molecule has 1 unspecified atom stereocenters. The lowest BCUT2D eigenvalue weighted by molar-refractivity contribution is -0.122. The number of hydrogen-bond acceptors (Lipinski definition) is 4. The summed E-state index contributed by atoms with van der Waals surface area (Å²) in [4.78, 5) is 19.6. The summed E-state index contributed by atoms with van der Waals surface area (Å²) in [5.41, 5.74) is 1.02. The first-order valence-corrected chi connectivity index (χ1v) is 9.55. The quantitative estimate of drug-likeness (QED) is 0.709. The van der Waals surface area contributed by atoms with Crippen molar-refractivity contribution in [1.29, 1.82) is 0 Å². The summed E-state index contributed by atoms with van der Waals surface area (Å²) >= 11 is 0. The van der Waals surface area contributed by atoms with Gasteiger partial charge in [0.15, 0.2) is 0 Å². The van der Waals surface area contributed by atoms with Crippen molar-refractivity contribution in [3.63, 3.8) is 0 Å². The molecule has 2 saturated heterocycles. The molecule has 0 aromatic heterocycles. The first-order chi connectivity index (χ1) is 12.1. The highest BCUT2D eigenvalue weighted by Crippen LogP contribution is 2.24. The average molecular weight is 345 g/mol. The van der Waals surface area contributed by atoms with E-state index in [0.29, 0.717) is 5.92 Å². The molecular weight excluding hydrogens is 314 g/mol. The van der Waals surface area contributed by atoms with E-state index in [1.165, 1.54) is 0 Å². The van der Waals surface area contributed by atoms with E-state index < -0.39 is 0 Å². The van der Waals surface area contributed by atoms with Crippen molar-refractivity contribution in [3.05, 3.63) is 30.3 Å². The summed E-state index contributed by atoms with van der Waals surface area (Å²) in [6.07, 6.45) is 0.936. The summed E-state index contributed by atoms with van der Waals surface area (Å²) in [5, 5.41) is 0. The van der Waals surface area contributed by atoms with Crippen molar-refractivity contribution in [1.82, 2.24) is 9.80 Å². The van der Waals surface area contributed by atoms with Crippen molar-refractivity contribution in [3.8, 4) is 0 Å². The number of para-hydroxylation sites is 1. The molecule has 25 heavy (non-hydrogen) atoms. The zero-order chi connectivity index (χ0) is 17.6. The topological polar surface area (TPSA) is 36.0 Å². The molecule has 1 aromatic carbocycles. The van der Waals surface area contributed by atoms with Gasteiger partial charge in [0.05, 0.1) is 12.6 Å². The summed E-state index contributed by atoms with van der Waals surface area (Å²) in [7, 11) is 0. The average Bonchev–Trinajstić information content (AvgIpc) is 3.01. The maximum Gasteiger partial charge on any atom is 0.244 e. The van der Waals surface area contributed by atoms with Crippen molar-refractivity contribution in [2.24, 2.45) is 5.92 Å². The highest BCUT2D eigenvalue weighted by molar-refractivity contribution is 5.99. The van der Waals surface area contributed by atoms with Crippen LogP contribution in [0.1, 0.15) is 20.3 Å². The number of ether oxygens (including phenoxy) is 1. The first-order valence-electron chi connectivity index (χ1n) is 9.55. The highest BCUT2D eigenvalue weighted by Gasteiger charge is 2.37. The van der Waals surface area contributed by atoms with E-state index in [-0.39, 0.29) is 11.9 Å². The first kappa shape index (κ1) is 18.4. The summed E-state index contributed by atoms with van der Waals surface area (Å²) < 4.78 is 5.69. The van der Waals surface area contributed by atoms with Gasteiger partial charge in [-0.2, -0.15) is 0 Å². The third-order valence-corrected chi connectivity index (χ3v) is 5.10. The second-order valence-corrected chi connectivity index (χ2v) is 7.48. The van der Waals surface area contributed by atoms with Crippen LogP contribution in [0.15, 0.2) is 30.3 Å². The lowest BCUT2D eigenvalue weighted by atomic mass is 10.2. The molecule has 0 spiro atoms. The fraction of sp³-hybridized carbons (Fsp3) is 0.650. The standard InChI is InChI=1S/C20H31N3O2/c1-17(2)16-25-15-14-21-10-12-22(13-11-21)19-8-9-23(20(19)24)18-6-4-3-5-7-18/h3-7,17,19H,8-16H2,1-2H3. The monoisotopic (exact) mass is 345 g/mol. The van der Waals surface area contributed by atoms with E-state index in [1.807, 2.05) is 35.2 Å². The number of rotatable bonds is 7. The molecule has 2 aliphatic heterocycles. The molecule has 0 radical (unpaired) electrons. The zero-order valence-electron chi connectivity index (χ0n) is 15.6. The maximum atomic E-state index is 12.8. The highest BCUT2D eigenvalue weighted by atomic mass is 16.5. The van der Waals surface area contributed by atoms with Gasteiger partial charge in [-0.3, -0.25) is 14.6 Å². The van der Waals surface area contributed by atoms with Gasteiger partial charge in [-0.1, -0.05) is 32.0 Å². The van der Waals surface area contributed by atoms with Crippen LogP contribution in [0.2, 0.25) is 0 Å². The van der Waals surface area contributed by atoms with E-state index in [2.05, 4.69) is 23.6 Å². The number of amides is 1. The Morgan fingerprint density at radius 3 is 2.48 bits per heavy atom. The normalized spacial score (nSPS) is 22.9. The summed E-state index contributed by atoms with van der Waals surface area (Å²) in [6, 6.07) is 10.1. The number of carbonyl (C=O) groups excluding carboxylic acids is 1. The lowest BCUT2D eigenvalue weighted by Crippen LogP contribution is -2.53. The van der Waals surface area contributed by atoms with Crippen LogP contribution in [0.3, 0.4) is 0 Å². The van der Waals surface area contributed by atoms with Gasteiger partial charge in [-0.15, -0.1) is 0 Å². The smallest absolute Gasteiger partial charge is 0.244 e. The van der Waals surface area contributed by atoms with Crippen LogP contribution in [0.25, 0.3) is 0 Å². The minimum absolute atomic E-state index is 0.0551. The van der Waals surface area contributed by atoms with Crippen LogP contribution in [0.4, 0.5) is 5.69 Å². The number of benzene rings is 1. The van der Waals surface area contributed by atoms with Gasteiger partial charge in [-0.05, 0) is 24.5 Å².